The van der Waals surface area contributed by atoms with E-state index in [1.807, 2.05) is 4.90 Å². The lowest BCUT2D eigenvalue weighted by atomic mass is 9.78. The highest BCUT2D eigenvalue weighted by atomic mass is 35.5. The molecule has 11 nitrogen and oxygen atoms in total. The molecule has 4 aromatic rings. The fourth-order valence-electron chi connectivity index (χ4n) is 5.80. The minimum absolute atomic E-state index is 0.0168. The third-order valence-electron chi connectivity index (χ3n) is 8.30. The number of nitrogens with two attached hydrogens (primary N) is 1. The Morgan fingerprint density at radius 1 is 1.09 bits per heavy atom. The SMILES string of the molecule is Nc1ccc(-c2[nH]nc(C(F)(F)F)c2-c2cnc(C(=O)NCc3ccc(C(=O)N4CCC5(CCNC5)CC4)c(Cl)c3)[nH]2)nc1. The Bertz CT molecular complexity index is 1680. The number of hydrogen-bond acceptors (Lipinski definition) is 7. The maximum atomic E-state index is 13.8. The first-order valence-corrected chi connectivity index (χ1v) is 14.4. The molecule has 6 N–H and O–H groups in total. The molecule has 2 aliphatic rings. The van der Waals surface area contributed by atoms with Gasteiger partial charge in [-0.2, -0.15) is 18.3 Å². The van der Waals surface area contributed by atoms with Crippen LogP contribution in [0, 0.1) is 5.41 Å². The van der Waals surface area contributed by atoms with Gasteiger partial charge in [0.15, 0.2) is 11.5 Å². The molecule has 2 saturated heterocycles. The van der Waals surface area contributed by atoms with Gasteiger partial charge in [0.2, 0.25) is 0 Å². The summed E-state index contributed by atoms with van der Waals surface area (Å²) in [5.74, 6) is -0.982. The van der Waals surface area contributed by atoms with E-state index in [9.17, 15) is 22.8 Å². The second-order valence-electron chi connectivity index (χ2n) is 11.2. The largest absolute Gasteiger partial charge is 0.435 e. The number of alkyl halides is 3. The minimum Gasteiger partial charge on any atom is -0.397 e. The van der Waals surface area contributed by atoms with Gasteiger partial charge in [-0.05, 0) is 61.1 Å². The van der Waals surface area contributed by atoms with E-state index in [1.165, 1.54) is 18.3 Å². The van der Waals surface area contributed by atoms with E-state index in [4.69, 9.17) is 17.3 Å². The van der Waals surface area contributed by atoms with Crippen LogP contribution in [0.2, 0.25) is 5.02 Å². The molecule has 0 atom stereocenters. The van der Waals surface area contributed by atoms with Gasteiger partial charge in [0.25, 0.3) is 11.8 Å². The molecular weight excluding hydrogens is 599 g/mol. The molecule has 44 heavy (non-hydrogen) atoms. The average Bonchev–Trinajstić information content (AvgIpc) is 3.76. The number of halogens is 4. The lowest BCUT2D eigenvalue weighted by Gasteiger charge is -2.39. The molecule has 230 valence electrons. The maximum Gasteiger partial charge on any atom is 0.435 e. The number of likely N-dealkylation sites (tertiary alicyclic amines) is 1. The summed E-state index contributed by atoms with van der Waals surface area (Å²) in [7, 11) is 0. The van der Waals surface area contributed by atoms with Crippen LogP contribution < -0.4 is 16.4 Å². The summed E-state index contributed by atoms with van der Waals surface area (Å²) in [4.78, 5) is 38.6. The van der Waals surface area contributed by atoms with Crippen molar-refractivity contribution < 1.29 is 22.8 Å². The molecule has 0 unspecified atom stereocenters. The standard InChI is InChI=1S/C29H29ClF3N9O2/c30-19-11-16(1-3-18(19)27(44)42-9-6-28(7-10-42)5-8-35-15-28)12-38-26(43)25-37-14-21(39-25)22-23(20-4-2-17(34)13-36-20)40-41-24(22)29(31,32)33/h1-4,11,13-14,35H,5-10,12,15,34H2,(H,37,39)(H,38,43)(H,40,41). The highest BCUT2D eigenvalue weighted by Crippen LogP contribution is 2.40. The third-order valence-corrected chi connectivity index (χ3v) is 8.61. The zero-order chi connectivity index (χ0) is 31.1. The monoisotopic (exact) mass is 627 g/mol. The Balaban J connectivity index is 1.13. The topological polar surface area (TPSA) is 158 Å². The molecule has 2 fully saturated rings. The van der Waals surface area contributed by atoms with Crippen molar-refractivity contribution in [2.24, 2.45) is 5.41 Å². The Morgan fingerprint density at radius 3 is 2.55 bits per heavy atom. The van der Waals surface area contributed by atoms with Crippen LogP contribution >= 0.6 is 11.6 Å². The number of carbonyl (C=O) groups is 2. The van der Waals surface area contributed by atoms with Crippen LogP contribution in [0.5, 0.6) is 0 Å². The summed E-state index contributed by atoms with van der Waals surface area (Å²) < 4.78 is 41.4. The molecule has 2 aliphatic heterocycles. The molecule has 5 heterocycles. The smallest absolute Gasteiger partial charge is 0.397 e. The van der Waals surface area contributed by atoms with E-state index >= 15 is 0 Å². The van der Waals surface area contributed by atoms with E-state index in [2.05, 4.69) is 35.8 Å². The van der Waals surface area contributed by atoms with Gasteiger partial charge >= 0.3 is 6.18 Å². The number of benzene rings is 1. The molecule has 0 saturated carbocycles. The minimum atomic E-state index is -4.79. The van der Waals surface area contributed by atoms with Crippen LogP contribution in [0.25, 0.3) is 22.6 Å². The number of aromatic amines is 2. The number of hydrogen-bond donors (Lipinski definition) is 5. The molecular formula is C29H29ClF3N9O2. The number of rotatable bonds is 6. The number of imidazole rings is 1. The van der Waals surface area contributed by atoms with Crippen molar-refractivity contribution in [1.82, 2.24) is 40.7 Å². The second-order valence-corrected chi connectivity index (χ2v) is 11.6. The zero-order valence-electron chi connectivity index (χ0n) is 23.4. The number of nitrogens with zero attached hydrogens (tertiary/aromatic N) is 4. The predicted octanol–water partition coefficient (Wildman–Crippen LogP) is 4.26. The molecule has 0 radical (unpaired) electrons. The number of amides is 2. The maximum absolute atomic E-state index is 13.8. The third kappa shape index (κ3) is 5.86. The van der Waals surface area contributed by atoms with Crippen molar-refractivity contribution in [2.75, 3.05) is 31.9 Å². The summed E-state index contributed by atoms with van der Waals surface area (Å²) in [6.07, 6.45) is 0.694. The first-order valence-electron chi connectivity index (χ1n) is 14.0. The summed E-state index contributed by atoms with van der Waals surface area (Å²) in [6.45, 7) is 3.42. The normalized spacial score (nSPS) is 16.4. The molecule has 1 spiro atoms. The lowest BCUT2D eigenvalue weighted by molar-refractivity contribution is -0.140. The first kappa shape index (κ1) is 29.6. The Kier molecular flexibility index (Phi) is 7.80. The van der Waals surface area contributed by atoms with Crippen LogP contribution in [0.1, 0.15) is 51.5 Å². The second kappa shape index (κ2) is 11.6. The molecule has 3 aromatic heterocycles. The average molecular weight is 628 g/mol. The van der Waals surface area contributed by atoms with Crippen molar-refractivity contribution in [3.8, 4) is 22.6 Å². The summed E-state index contributed by atoms with van der Waals surface area (Å²) >= 11 is 6.48. The van der Waals surface area contributed by atoms with Crippen molar-refractivity contribution in [3.05, 3.63) is 70.4 Å². The van der Waals surface area contributed by atoms with Gasteiger partial charge in [0.05, 0.1) is 51.3 Å². The Labute approximate surface area is 254 Å². The highest BCUT2D eigenvalue weighted by molar-refractivity contribution is 6.33. The molecule has 0 aliphatic carbocycles. The van der Waals surface area contributed by atoms with Gasteiger partial charge in [-0.25, -0.2) is 4.98 Å². The zero-order valence-corrected chi connectivity index (χ0v) is 24.1. The quantitative estimate of drug-likeness (QED) is 0.214. The van der Waals surface area contributed by atoms with E-state index in [-0.39, 0.29) is 51.4 Å². The summed E-state index contributed by atoms with van der Waals surface area (Å²) in [6, 6.07) is 7.91. The fraction of sp³-hybridized carbons (Fsp3) is 0.345. The van der Waals surface area contributed by atoms with Gasteiger partial charge in [-0.3, -0.25) is 19.7 Å². The Morgan fingerprint density at radius 2 is 1.89 bits per heavy atom. The number of carbonyl (C=O) groups excluding carboxylic acids is 2. The van der Waals surface area contributed by atoms with Gasteiger partial charge in [0, 0.05) is 26.2 Å². The van der Waals surface area contributed by atoms with Crippen molar-refractivity contribution in [3.63, 3.8) is 0 Å². The molecule has 0 bridgehead atoms. The van der Waals surface area contributed by atoms with Crippen LogP contribution in [-0.4, -0.2) is 68.0 Å². The van der Waals surface area contributed by atoms with Crippen LogP contribution in [0.4, 0.5) is 18.9 Å². The number of aromatic nitrogens is 5. The summed E-state index contributed by atoms with van der Waals surface area (Å²) in [5.41, 5.74) is 5.86. The number of nitrogens with one attached hydrogen (secondary N) is 4. The molecule has 1 aromatic carbocycles. The number of anilines is 1. The van der Waals surface area contributed by atoms with E-state index in [0.29, 0.717) is 29.9 Å². The Hall–Kier alpha value is -4.43. The van der Waals surface area contributed by atoms with Gasteiger partial charge in [-0.1, -0.05) is 17.7 Å². The van der Waals surface area contributed by atoms with Crippen molar-refractivity contribution >= 4 is 29.1 Å². The van der Waals surface area contributed by atoms with Crippen LogP contribution in [0.15, 0.2) is 42.7 Å². The van der Waals surface area contributed by atoms with E-state index in [1.54, 1.807) is 18.2 Å². The number of piperidine rings is 1. The van der Waals surface area contributed by atoms with Gasteiger partial charge in [0.1, 0.15) is 0 Å². The molecule has 15 heteroatoms. The number of nitrogen functional groups attached to an aromatic ring is 1. The summed E-state index contributed by atoms with van der Waals surface area (Å²) in [5, 5.41) is 12.2. The fourth-order valence-corrected chi connectivity index (χ4v) is 6.08. The number of H-pyrrole nitrogens is 2. The number of pyridine rings is 1. The highest BCUT2D eigenvalue weighted by Gasteiger charge is 2.40. The molecule has 2 amide bonds. The van der Waals surface area contributed by atoms with Gasteiger partial charge in [-0.15, -0.1) is 0 Å². The first-order chi connectivity index (χ1) is 21.0. The molecule has 6 rings (SSSR count). The van der Waals surface area contributed by atoms with E-state index < -0.39 is 17.8 Å². The van der Waals surface area contributed by atoms with Crippen LogP contribution in [-0.2, 0) is 12.7 Å². The predicted molar refractivity (Wildman–Crippen MR) is 156 cm³/mol. The van der Waals surface area contributed by atoms with Gasteiger partial charge < -0.3 is 26.3 Å². The lowest BCUT2D eigenvalue weighted by Crippen LogP contribution is -2.44. The van der Waals surface area contributed by atoms with Crippen molar-refractivity contribution in [1.29, 1.82) is 0 Å². The van der Waals surface area contributed by atoms with Crippen LogP contribution in [0.3, 0.4) is 0 Å². The van der Waals surface area contributed by atoms with E-state index in [0.717, 1.165) is 38.5 Å². The van der Waals surface area contributed by atoms with Crippen molar-refractivity contribution in [2.45, 2.75) is 32.0 Å².